The summed E-state index contributed by atoms with van der Waals surface area (Å²) in [4.78, 5) is 41.1. The van der Waals surface area contributed by atoms with Gasteiger partial charge in [0.25, 0.3) is 11.8 Å². The number of rotatable bonds is 3. The van der Waals surface area contributed by atoms with Gasteiger partial charge in [0.05, 0.1) is 5.69 Å². The van der Waals surface area contributed by atoms with Gasteiger partial charge in [0, 0.05) is 34.5 Å². The van der Waals surface area contributed by atoms with E-state index in [4.69, 9.17) is 0 Å². The second kappa shape index (κ2) is 7.74. The number of hydrogen-bond donors (Lipinski definition) is 2. The normalized spacial score (nSPS) is 13.0. The third kappa shape index (κ3) is 3.13. The van der Waals surface area contributed by atoms with Crippen molar-refractivity contribution in [3.8, 4) is 11.4 Å². The number of phenols is 1. The van der Waals surface area contributed by atoms with Crippen LogP contribution in [0.25, 0.3) is 27.5 Å². The molecule has 2 N–H and O–H groups in total. The standard InChI is InChI=1S/C27H19N5O4/c1-14-9-11-20-21(13-14)30-32(29-20)23-8-4-7-22(25(23)34)31-26(35)17-6-3-5-16-19(28-15(2)33)12-10-18(24(16)17)27(31)36/h3-13,34H,1-2H3,(H,28,33). The molecular formula is C27H19N5O4. The summed E-state index contributed by atoms with van der Waals surface area (Å²) in [5.41, 5.74) is 3.66. The Hall–Kier alpha value is -5.05. The maximum Gasteiger partial charge on any atom is 0.266 e. The number of hydrogen-bond acceptors (Lipinski definition) is 6. The zero-order chi connectivity index (χ0) is 25.1. The quantitative estimate of drug-likeness (QED) is 0.373. The molecular weight excluding hydrogens is 458 g/mol. The van der Waals surface area contributed by atoms with Crippen LogP contribution in [-0.2, 0) is 4.79 Å². The van der Waals surface area contributed by atoms with Crippen molar-refractivity contribution in [3.05, 3.63) is 83.4 Å². The van der Waals surface area contributed by atoms with Crippen LogP contribution in [0.3, 0.4) is 0 Å². The number of amides is 3. The molecule has 2 heterocycles. The van der Waals surface area contributed by atoms with Crippen LogP contribution in [-0.4, -0.2) is 37.8 Å². The number of phenolic OH excluding ortho intramolecular Hbond substituents is 1. The highest BCUT2D eigenvalue weighted by Crippen LogP contribution is 2.40. The predicted molar refractivity (Wildman–Crippen MR) is 135 cm³/mol. The Kier molecular flexibility index (Phi) is 4.62. The summed E-state index contributed by atoms with van der Waals surface area (Å²) in [6.07, 6.45) is 0. The van der Waals surface area contributed by atoms with Gasteiger partial charge in [-0.15, -0.1) is 15.0 Å². The summed E-state index contributed by atoms with van der Waals surface area (Å²) < 4.78 is 0. The molecule has 1 aliphatic rings. The Bertz CT molecular complexity index is 1750. The number of nitrogens with one attached hydrogen (secondary N) is 1. The molecule has 6 rings (SSSR count). The largest absolute Gasteiger partial charge is 0.504 e. The maximum atomic E-state index is 13.6. The van der Waals surface area contributed by atoms with Crippen LogP contribution < -0.4 is 10.2 Å². The van der Waals surface area contributed by atoms with Crippen LogP contribution in [0.4, 0.5) is 11.4 Å². The number of fused-ring (bicyclic) bond motifs is 1. The van der Waals surface area contributed by atoms with Gasteiger partial charge < -0.3 is 10.4 Å². The minimum Gasteiger partial charge on any atom is -0.504 e. The third-order valence-corrected chi connectivity index (χ3v) is 6.20. The molecule has 0 radical (unpaired) electrons. The van der Waals surface area contributed by atoms with Crippen molar-refractivity contribution in [1.29, 1.82) is 0 Å². The monoisotopic (exact) mass is 477 g/mol. The van der Waals surface area contributed by atoms with Crippen molar-refractivity contribution in [2.24, 2.45) is 0 Å². The summed E-state index contributed by atoms with van der Waals surface area (Å²) in [6, 6.07) is 18.6. The molecule has 0 bridgehead atoms. The lowest BCUT2D eigenvalue weighted by atomic mass is 9.92. The molecule has 3 amide bonds. The molecule has 0 fully saturated rings. The van der Waals surface area contributed by atoms with Gasteiger partial charge in [0.1, 0.15) is 16.7 Å². The van der Waals surface area contributed by atoms with Gasteiger partial charge >= 0.3 is 0 Å². The van der Waals surface area contributed by atoms with E-state index in [1.165, 1.54) is 17.8 Å². The highest BCUT2D eigenvalue weighted by Gasteiger charge is 2.36. The number of imide groups is 1. The Morgan fingerprint density at radius 3 is 2.33 bits per heavy atom. The SMILES string of the molecule is CC(=O)Nc1ccc2c3c(cccc13)C(=O)N(c1cccc(-n3nc4ccc(C)cc4n3)c1O)C2=O. The van der Waals surface area contributed by atoms with E-state index in [0.29, 0.717) is 27.5 Å². The Labute approximate surface area is 204 Å². The first kappa shape index (κ1) is 21.5. The molecule has 36 heavy (non-hydrogen) atoms. The molecule has 0 spiro atoms. The first-order valence-electron chi connectivity index (χ1n) is 11.2. The topological polar surface area (TPSA) is 117 Å². The fourth-order valence-corrected chi connectivity index (χ4v) is 4.61. The summed E-state index contributed by atoms with van der Waals surface area (Å²) >= 11 is 0. The number of aromatic hydroxyl groups is 1. The number of benzene rings is 4. The van der Waals surface area contributed by atoms with Crippen molar-refractivity contribution in [3.63, 3.8) is 0 Å². The fourth-order valence-electron chi connectivity index (χ4n) is 4.61. The smallest absolute Gasteiger partial charge is 0.266 e. The zero-order valence-corrected chi connectivity index (χ0v) is 19.3. The predicted octanol–water partition coefficient (Wildman–Crippen LogP) is 4.35. The van der Waals surface area contributed by atoms with Crippen LogP contribution in [0.15, 0.2) is 66.7 Å². The fraction of sp³-hybridized carbons (Fsp3) is 0.0741. The van der Waals surface area contributed by atoms with Crippen molar-refractivity contribution in [2.45, 2.75) is 13.8 Å². The minimum atomic E-state index is -0.584. The van der Waals surface area contributed by atoms with E-state index in [0.717, 1.165) is 10.5 Å². The lowest BCUT2D eigenvalue weighted by molar-refractivity contribution is -0.114. The van der Waals surface area contributed by atoms with E-state index in [1.54, 1.807) is 42.5 Å². The van der Waals surface area contributed by atoms with Gasteiger partial charge in [-0.1, -0.05) is 24.3 Å². The van der Waals surface area contributed by atoms with E-state index in [2.05, 4.69) is 15.5 Å². The third-order valence-electron chi connectivity index (χ3n) is 6.20. The van der Waals surface area contributed by atoms with Crippen LogP contribution in [0.2, 0.25) is 0 Å². The van der Waals surface area contributed by atoms with Crippen molar-refractivity contribution < 1.29 is 19.5 Å². The van der Waals surface area contributed by atoms with Gasteiger partial charge in [0.2, 0.25) is 5.91 Å². The highest BCUT2D eigenvalue weighted by atomic mass is 16.3. The minimum absolute atomic E-state index is 0.0219. The highest BCUT2D eigenvalue weighted by molar-refractivity contribution is 6.37. The summed E-state index contributed by atoms with van der Waals surface area (Å²) in [5.74, 6) is -1.73. The number of aromatic nitrogens is 3. The number of para-hydroxylation sites is 1. The molecule has 0 aliphatic carbocycles. The second-order valence-corrected chi connectivity index (χ2v) is 8.64. The van der Waals surface area contributed by atoms with Crippen LogP contribution in [0, 0.1) is 6.92 Å². The molecule has 0 unspecified atom stereocenters. The van der Waals surface area contributed by atoms with E-state index in [9.17, 15) is 19.5 Å². The van der Waals surface area contributed by atoms with Gasteiger partial charge in [-0.05, 0) is 55.0 Å². The summed E-state index contributed by atoms with van der Waals surface area (Å²) in [5, 5.41) is 23.9. The molecule has 9 heteroatoms. The van der Waals surface area contributed by atoms with E-state index >= 15 is 0 Å². The van der Waals surface area contributed by atoms with Gasteiger partial charge in [-0.2, -0.15) is 0 Å². The van der Waals surface area contributed by atoms with Crippen molar-refractivity contribution in [1.82, 2.24) is 15.0 Å². The average Bonchev–Trinajstić information content (AvgIpc) is 3.27. The molecule has 1 aliphatic heterocycles. The molecule has 4 aromatic carbocycles. The number of nitrogens with zero attached hydrogens (tertiary/aromatic N) is 4. The van der Waals surface area contributed by atoms with Crippen LogP contribution in [0.1, 0.15) is 33.2 Å². The maximum absolute atomic E-state index is 13.6. The molecule has 1 aromatic heterocycles. The molecule has 0 saturated carbocycles. The van der Waals surface area contributed by atoms with Crippen molar-refractivity contribution >= 4 is 50.9 Å². The summed E-state index contributed by atoms with van der Waals surface area (Å²) in [6.45, 7) is 3.34. The Balaban J connectivity index is 1.49. The number of carbonyl (C=O) groups excluding carboxylic acids is 3. The lowest BCUT2D eigenvalue weighted by Crippen LogP contribution is -2.40. The zero-order valence-electron chi connectivity index (χ0n) is 19.3. The van der Waals surface area contributed by atoms with Crippen LogP contribution in [0.5, 0.6) is 5.75 Å². The molecule has 5 aromatic rings. The number of aryl methyl sites for hydroxylation is 1. The van der Waals surface area contributed by atoms with Gasteiger partial charge in [-0.3, -0.25) is 14.4 Å². The van der Waals surface area contributed by atoms with E-state index in [1.807, 2.05) is 25.1 Å². The Morgan fingerprint density at radius 2 is 1.56 bits per heavy atom. The summed E-state index contributed by atoms with van der Waals surface area (Å²) in [7, 11) is 0. The number of anilines is 2. The van der Waals surface area contributed by atoms with Gasteiger partial charge in [0.15, 0.2) is 5.75 Å². The number of carbonyl (C=O) groups is 3. The Morgan fingerprint density at radius 1 is 0.861 bits per heavy atom. The van der Waals surface area contributed by atoms with Gasteiger partial charge in [-0.25, -0.2) is 4.90 Å². The average molecular weight is 477 g/mol. The van der Waals surface area contributed by atoms with Crippen molar-refractivity contribution in [2.75, 3.05) is 10.2 Å². The molecule has 0 saturated heterocycles. The lowest BCUT2D eigenvalue weighted by Gasteiger charge is -2.28. The first-order valence-corrected chi connectivity index (χ1v) is 11.2. The molecule has 0 atom stereocenters. The van der Waals surface area contributed by atoms with E-state index < -0.39 is 11.8 Å². The molecule has 9 nitrogen and oxygen atoms in total. The first-order chi connectivity index (χ1) is 17.3. The second-order valence-electron chi connectivity index (χ2n) is 8.64. The molecule has 176 valence electrons. The van der Waals surface area contributed by atoms with E-state index in [-0.39, 0.29) is 34.2 Å². The van der Waals surface area contributed by atoms with Crippen LogP contribution >= 0.6 is 0 Å².